The molecule has 3 amide bonds. The Bertz CT molecular complexity index is 1100. The lowest BCUT2D eigenvalue weighted by Crippen LogP contribution is -2.45. The van der Waals surface area contributed by atoms with Gasteiger partial charge in [-0.25, -0.2) is 13.6 Å². The fraction of sp³-hybridized carbons (Fsp3) is 0.280. The van der Waals surface area contributed by atoms with E-state index in [0.717, 1.165) is 23.5 Å². The molecular formula is C25H27F2N3O4. The number of ether oxygens (including phenoxy) is 1. The summed E-state index contributed by atoms with van der Waals surface area (Å²) in [5.41, 5.74) is 0.730. The second-order valence-corrected chi connectivity index (χ2v) is 7.72. The van der Waals surface area contributed by atoms with Gasteiger partial charge in [0.2, 0.25) is 5.91 Å². The number of halogens is 2. The van der Waals surface area contributed by atoms with Crippen LogP contribution in [0, 0.1) is 18.6 Å². The number of hydrogen-bond donors (Lipinski definition) is 1. The van der Waals surface area contributed by atoms with Gasteiger partial charge >= 0.3 is 6.03 Å². The molecule has 1 N–H and O–H groups in total. The van der Waals surface area contributed by atoms with Gasteiger partial charge in [0.1, 0.15) is 29.7 Å². The molecule has 7 nitrogen and oxygen atoms in total. The van der Waals surface area contributed by atoms with Crippen LogP contribution in [-0.4, -0.2) is 48.5 Å². The second kappa shape index (κ2) is 11.9. The summed E-state index contributed by atoms with van der Waals surface area (Å²) < 4.78 is 37.9. The first-order chi connectivity index (χ1) is 16.4. The van der Waals surface area contributed by atoms with Crippen LogP contribution in [0.4, 0.5) is 19.3 Å². The Labute approximate surface area is 196 Å². The van der Waals surface area contributed by atoms with E-state index in [9.17, 15) is 18.4 Å². The number of hydrogen-bond acceptors (Lipinski definition) is 4. The average Bonchev–Trinajstić information content (AvgIpc) is 3.23. The highest BCUT2D eigenvalue weighted by Gasteiger charge is 2.23. The van der Waals surface area contributed by atoms with E-state index in [1.54, 1.807) is 11.0 Å². The molecule has 34 heavy (non-hydrogen) atoms. The van der Waals surface area contributed by atoms with Gasteiger partial charge in [0.25, 0.3) is 0 Å². The van der Waals surface area contributed by atoms with Gasteiger partial charge in [-0.2, -0.15) is 0 Å². The summed E-state index contributed by atoms with van der Waals surface area (Å²) in [6, 6.07) is 15.2. The van der Waals surface area contributed by atoms with Crippen LogP contribution in [0.15, 0.2) is 65.1 Å². The van der Waals surface area contributed by atoms with Crippen LogP contribution in [0.2, 0.25) is 0 Å². The van der Waals surface area contributed by atoms with Crippen molar-refractivity contribution >= 4 is 17.6 Å². The minimum absolute atomic E-state index is 0.0932. The van der Waals surface area contributed by atoms with Crippen LogP contribution in [0.3, 0.4) is 0 Å². The predicted molar refractivity (Wildman–Crippen MR) is 123 cm³/mol. The molecule has 0 unspecified atom stereocenters. The third-order valence-corrected chi connectivity index (χ3v) is 5.06. The van der Waals surface area contributed by atoms with Crippen LogP contribution in [0.1, 0.15) is 17.1 Å². The Morgan fingerprint density at radius 3 is 2.41 bits per heavy atom. The highest BCUT2D eigenvalue weighted by Crippen LogP contribution is 2.17. The number of aryl methyl sites for hydroxylation is 1. The molecule has 0 bridgehead atoms. The molecule has 3 rings (SSSR count). The maximum absolute atomic E-state index is 14.0. The lowest BCUT2D eigenvalue weighted by molar-refractivity contribution is -0.133. The minimum Gasteiger partial charge on any atom is -0.464 e. The van der Waals surface area contributed by atoms with Crippen molar-refractivity contribution < 1.29 is 27.5 Å². The van der Waals surface area contributed by atoms with Crippen molar-refractivity contribution in [3.63, 3.8) is 0 Å². The molecule has 0 aliphatic heterocycles. The van der Waals surface area contributed by atoms with Crippen LogP contribution >= 0.6 is 0 Å². The number of methoxy groups -OCH3 is 1. The highest BCUT2D eigenvalue weighted by molar-refractivity contribution is 5.92. The van der Waals surface area contributed by atoms with Gasteiger partial charge in [-0.05, 0) is 36.8 Å². The largest absolute Gasteiger partial charge is 0.464 e. The molecule has 1 heterocycles. The van der Waals surface area contributed by atoms with Crippen molar-refractivity contribution in [3.8, 4) is 0 Å². The Kier molecular flexibility index (Phi) is 8.75. The number of benzene rings is 2. The molecule has 9 heteroatoms. The maximum Gasteiger partial charge on any atom is 0.322 e. The zero-order chi connectivity index (χ0) is 24.5. The Hall–Kier alpha value is -3.72. The third-order valence-electron chi connectivity index (χ3n) is 5.06. The smallest absolute Gasteiger partial charge is 0.322 e. The second-order valence-electron chi connectivity index (χ2n) is 7.72. The van der Waals surface area contributed by atoms with E-state index >= 15 is 0 Å². The average molecular weight is 472 g/mol. The molecule has 0 saturated carbocycles. The first kappa shape index (κ1) is 24.9. The fourth-order valence-electron chi connectivity index (χ4n) is 3.30. The van der Waals surface area contributed by atoms with Crippen molar-refractivity contribution in [1.82, 2.24) is 9.80 Å². The summed E-state index contributed by atoms with van der Waals surface area (Å²) in [4.78, 5) is 28.9. The highest BCUT2D eigenvalue weighted by atomic mass is 19.1. The standard InChI is InChI=1S/C25H27F2N3O4/c1-18-8-10-21(34-18)16-30(15-19-6-4-3-5-7-19)24(31)17-29(12-13-33-2)25(32)28-23-11-9-20(26)14-22(23)27/h3-11,14H,12-13,15-17H2,1-2H3,(H,28,32). The molecule has 0 aliphatic carbocycles. The molecule has 0 aliphatic rings. The molecule has 2 aromatic carbocycles. The van der Waals surface area contributed by atoms with Gasteiger partial charge < -0.3 is 24.3 Å². The topological polar surface area (TPSA) is 75.0 Å². The number of rotatable bonds is 10. The molecule has 0 saturated heterocycles. The molecule has 1 aromatic heterocycles. The lowest BCUT2D eigenvalue weighted by atomic mass is 10.2. The number of nitrogens with one attached hydrogen (secondary N) is 1. The fourth-order valence-corrected chi connectivity index (χ4v) is 3.30. The van der Waals surface area contributed by atoms with Crippen LogP contribution in [0.25, 0.3) is 0 Å². The maximum atomic E-state index is 14.0. The van der Waals surface area contributed by atoms with Crippen LogP contribution < -0.4 is 5.32 Å². The molecule has 0 radical (unpaired) electrons. The van der Waals surface area contributed by atoms with E-state index in [1.807, 2.05) is 43.3 Å². The number of nitrogens with zero attached hydrogens (tertiary/aromatic N) is 2. The summed E-state index contributed by atoms with van der Waals surface area (Å²) in [5, 5.41) is 2.39. The first-order valence-corrected chi connectivity index (χ1v) is 10.7. The van der Waals surface area contributed by atoms with Gasteiger partial charge in [0, 0.05) is 26.3 Å². The van der Waals surface area contributed by atoms with Gasteiger partial charge in [-0.3, -0.25) is 4.79 Å². The van der Waals surface area contributed by atoms with Crippen molar-refractivity contribution in [3.05, 3.63) is 89.4 Å². The number of carbonyl (C=O) groups excluding carboxylic acids is 2. The van der Waals surface area contributed by atoms with Crippen molar-refractivity contribution in [2.45, 2.75) is 20.0 Å². The quantitative estimate of drug-likeness (QED) is 0.470. The van der Waals surface area contributed by atoms with E-state index in [1.165, 1.54) is 12.0 Å². The SMILES string of the molecule is COCCN(CC(=O)N(Cc1ccccc1)Cc1ccc(C)o1)C(=O)Nc1ccc(F)cc1F. The summed E-state index contributed by atoms with van der Waals surface area (Å²) in [7, 11) is 1.47. The van der Waals surface area contributed by atoms with Gasteiger partial charge in [0.15, 0.2) is 0 Å². The molecule has 0 fully saturated rings. The first-order valence-electron chi connectivity index (χ1n) is 10.7. The Balaban J connectivity index is 1.76. The minimum atomic E-state index is -0.912. The Morgan fingerprint density at radius 2 is 1.76 bits per heavy atom. The van der Waals surface area contributed by atoms with E-state index in [4.69, 9.17) is 9.15 Å². The van der Waals surface area contributed by atoms with E-state index in [-0.39, 0.29) is 37.8 Å². The van der Waals surface area contributed by atoms with Crippen molar-refractivity contribution in [2.24, 2.45) is 0 Å². The number of urea groups is 1. The van der Waals surface area contributed by atoms with Crippen molar-refractivity contribution in [2.75, 3.05) is 32.1 Å². The lowest BCUT2D eigenvalue weighted by Gasteiger charge is -2.27. The van der Waals surface area contributed by atoms with Crippen LogP contribution in [0.5, 0.6) is 0 Å². The van der Waals surface area contributed by atoms with Gasteiger partial charge in [-0.15, -0.1) is 0 Å². The normalized spacial score (nSPS) is 10.7. The zero-order valence-corrected chi connectivity index (χ0v) is 19.1. The number of carbonyl (C=O) groups is 2. The Morgan fingerprint density at radius 1 is 1.00 bits per heavy atom. The summed E-state index contributed by atoms with van der Waals surface area (Å²) >= 11 is 0. The molecular weight excluding hydrogens is 444 g/mol. The van der Waals surface area contributed by atoms with E-state index in [0.29, 0.717) is 18.4 Å². The third kappa shape index (κ3) is 7.14. The number of anilines is 1. The zero-order valence-electron chi connectivity index (χ0n) is 19.1. The van der Waals surface area contributed by atoms with E-state index < -0.39 is 17.7 Å². The number of amides is 3. The van der Waals surface area contributed by atoms with Crippen molar-refractivity contribution in [1.29, 1.82) is 0 Å². The molecule has 0 spiro atoms. The molecule has 3 aromatic rings. The summed E-state index contributed by atoms with van der Waals surface area (Å²) in [6.07, 6.45) is 0. The van der Waals surface area contributed by atoms with Gasteiger partial charge in [0.05, 0.1) is 18.8 Å². The van der Waals surface area contributed by atoms with Crippen LogP contribution in [-0.2, 0) is 22.6 Å². The van der Waals surface area contributed by atoms with E-state index in [2.05, 4.69) is 5.32 Å². The molecule has 0 atom stereocenters. The summed E-state index contributed by atoms with van der Waals surface area (Å²) in [6.45, 7) is 2.33. The number of furan rings is 1. The monoisotopic (exact) mass is 471 g/mol. The molecule has 180 valence electrons. The summed E-state index contributed by atoms with van der Waals surface area (Å²) in [5.74, 6) is -0.659. The van der Waals surface area contributed by atoms with Gasteiger partial charge in [-0.1, -0.05) is 30.3 Å². The predicted octanol–water partition coefficient (Wildman–Crippen LogP) is 4.58.